The van der Waals surface area contributed by atoms with E-state index < -0.39 is 0 Å². The maximum atomic E-state index is 13.4. The maximum absolute atomic E-state index is 13.4. The van der Waals surface area contributed by atoms with Crippen LogP contribution >= 0.6 is 0 Å². The van der Waals surface area contributed by atoms with Crippen LogP contribution in [0.4, 0.5) is 5.69 Å². The zero-order valence-corrected chi connectivity index (χ0v) is 18.2. The lowest BCUT2D eigenvalue weighted by Gasteiger charge is -2.44. The average molecular weight is 417 g/mol. The van der Waals surface area contributed by atoms with Gasteiger partial charge in [-0.3, -0.25) is 14.4 Å². The van der Waals surface area contributed by atoms with Gasteiger partial charge < -0.3 is 4.90 Å². The largest absolute Gasteiger partial charge is 0.335 e. The lowest BCUT2D eigenvalue weighted by atomic mass is 9.78. The number of carbonyl (C=O) groups is 3. The van der Waals surface area contributed by atoms with Crippen LogP contribution in [0, 0.1) is 19.8 Å². The highest BCUT2D eigenvalue weighted by Gasteiger charge is 2.40. The summed E-state index contributed by atoms with van der Waals surface area (Å²) >= 11 is 0. The zero-order chi connectivity index (χ0) is 21.7. The molecule has 0 spiro atoms. The number of aryl methyl sites for hydroxylation is 2. The molecule has 1 saturated carbocycles. The first-order valence-electron chi connectivity index (χ1n) is 11.4. The molecule has 3 aliphatic rings. The Kier molecular flexibility index (Phi) is 4.92. The Bertz CT molecular complexity index is 1090. The van der Waals surface area contributed by atoms with E-state index in [9.17, 15) is 14.4 Å². The third kappa shape index (κ3) is 3.27. The minimum atomic E-state index is -0.350. The van der Waals surface area contributed by atoms with E-state index in [-0.39, 0.29) is 17.7 Å². The second kappa shape index (κ2) is 7.63. The smallest absolute Gasteiger partial charge is 0.266 e. The number of benzene rings is 2. The molecular formula is C26H28N2O3. The molecule has 1 saturated heterocycles. The first kappa shape index (κ1) is 20.0. The van der Waals surface area contributed by atoms with Crippen molar-refractivity contribution in [2.75, 3.05) is 11.4 Å². The second-order valence-electron chi connectivity index (χ2n) is 9.25. The molecule has 0 aromatic heterocycles. The summed E-state index contributed by atoms with van der Waals surface area (Å²) in [6, 6.07) is 11.1. The van der Waals surface area contributed by atoms with E-state index in [0.29, 0.717) is 34.3 Å². The molecule has 2 aromatic carbocycles. The molecule has 5 heteroatoms. The fraction of sp³-hybridized carbons (Fsp3) is 0.423. The molecule has 5 rings (SSSR count). The van der Waals surface area contributed by atoms with Crippen LogP contribution in [0.15, 0.2) is 36.4 Å². The Morgan fingerprint density at radius 1 is 0.871 bits per heavy atom. The highest BCUT2D eigenvalue weighted by molar-refractivity contribution is 6.35. The van der Waals surface area contributed by atoms with E-state index in [4.69, 9.17) is 0 Å². The predicted octanol–water partition coefficient (Wildman–Crippen LogP) is 4.90. The van der Waals surface area contributed by atoms with Crippen molar-refractivity contribution in [2.24, 2.45) is 5.92 Å². The Morgan fingerprint density at radius 2 is 1.61 bits per heavy atom. The number of anilines is 1. The molecule has 5 nitrogen and oxygen atoms in total. The summed E-state index contributed by atoms with van der Waals surface area (Å²) < 4.78 is 0. The van der Waals surface area contributed by atoms with Crippen LogP contribution in [0.5, 0.6) is 0 Å². The summed E-state index contributed by atoms with van der Waals surface area (Å²) in [6.45, 7) is 4.61. The van der Waals surface area contributed by atoms with Crippen molar-refractivity contribution in [3.8, 4) is 0 Å². The van der Waals surface area contributed by atoms with E-state index in [1.165, 1.54) is 30.6 Å². The van der Waals surface area contributed by atoms with Crippen molar-refractivity contribution in [1.82, 2.24) is 4.90 Å². The number of amides is 3. The first-order valence-corrected chi connectivity index (χ1v) is 11.4. The van der Waals surface area contributed by atoms with Gasteiger partial charge in [0.1, 0.15) is 0 Å². The van der Waals surface area contributed by atoms with Crippen molar-refractivity contribution in [3.05, 3.63) is 64.2 Å². The molecule has 0 bridgehead atoms. The first-order chi connectivity index (χ1) is 15.0. The molecule has 31 heavy (non-hydrogen) atoms. The van der Waals surface area contributed by atoms with Gasteiger partial charge >= 0.3 is 0 Å². The molecule has 160 valence electrons. The number of imide groups is 1. The van der Waals surface area contributed by atoms with E-state index in [1.54, 1.807) is 18.2 Å². The Balaban J connectivity index is 1.46. The predicted molar refractivity (Wildman–Crippen MR) is 120 cm³/mol. The summed E-state index contributed by atoms with van der Waals surface area (Å²) in [5.74, 6) is -0.0794. The van der Waals surface area contributed by atoms with Crippen LogP contribution in [0.1, 0.15) is 80.7 Å². The SMILES string of the molecule is Cc1ccc(C)c(N2C(=O)c3ccc(C(=O)N4CCC[C@H]5CCCC[C@@H]54)cc3C2=O)c1. The molecule has 2 fully saturated rings. The van der Waals surface area contributed by atoms with Crippen LogP contribution in [-0.4, -0.2) is 35.2 Å². The zero-order valence-electron chi connectivity index (χ0n) is 18.2. The molecule has 0 unspecified atom stereocenters. The molecule has 2 atom stereocenters. The van der Waals surface area contributed by atoms with Gasteiger partial charge in [0.25, 0.3) is 17.7 Å². The van der Waals surface area contributed by atoms with Gasteiger partial charge in [0.2, 0.25) is 0 Å². The Labute approximate surface area is 183 Å². The number of piperidine rings is 1. The van der Waals surface area contributed by atoms with Crippen LogP contribution in [0.2, 0.25) is 0 Å². The Morgan fingerprint density at radius 3 is 2.45 bits per heavy atom. The van der Waals surface area contributed by atoms with Crippen LogP contribution in [-0.2, 0) is 0 Å². The van der Waals surface area contributed by atoms with E-state index >= 15 is 0 Å². The van der Waals surface area contributed by atoms with Gasteiger partial charge in [0, 0.05) is 18.2 Å². The van der Waals surface area contributed by atoms with Gasteiger partial charge in [-0.05, 0) is 80.8 Å². The summed E-state index contributed by atoms with van der Waals surface area (Å²) in [7, 11) is 0. The number of nitrogens with zero attached hydrogens (tertiary/aromatic N) is 2. The maximum Gasteiger partial charge on any atom is 0.266 e. The van der Waals surface area contributed by atoms with Crippen molar-refractivity contribution in [3.63, 3.8) is 0 Å². The molecule has 2 aromatic rings. The van der Waals surface area contributed by atoms with Crippen molar-refractivity contribution < 1.29 is 14.4 Å². The number of hydrogen-bond donors (Lipinski definition) is 0. The van der Waals surface area contributed by atoms with Crippen molar-refractivity contribution in [2.45, 2.75) is 58.4 Å². The molecule has 1 aliphatic carbocycles. The minimum Gasteiger partial charge on any atom is -0.335 e. The fourth-order valence-corrected chi connectivity index (χ4v) is 5.60. The van der Waals surface area contributed by atoms with Gasteiger partial charge in [-0.15, -0.1) is 0 Å². The molecule has 2 heterocycles. The van der Waals surface area contributed by atoms with Gasteiger partial charge in [-0.1, -0.05) is 25.0 Å². The number of carbonyl (C=O) groups excluding carboxylic acids is 3. The molecular weight excluding hydrogens is 388 g/mol. The topological polar surface area (TPSA) is 57.7 Å². The van der Waals surface area contributed by atoms with E-state index in [0.717, 1.165) is 30.5 Å². The standard InChI is InChI=1S/C26H28N2O3/c1-16-9-10-17(2)23(14-16)28-25(30)20-12-11-19(15-21(20)26(28)31)24(29)27-13-5-7-18-6-3-4-8-22(18)27/h9-12,14-15,18,22H,3-8,13H2,1-2H3/t18-,22+/m1/s1. The molecule has 3 amide bonds. The summed E-state index contributed by atoms with van der Waals surface area (Å²) in [5, 5.41) is 0. The Hall–Kier alpha value is -2.95. The quantitative estimate of drug-likeness (QED) is 0.655. The third-order valence-corrected chi connectivity index (χ3v) is 7.24. The molecule has 0 radical (unpaired) electrons. The van der Waals surface area contributed by atoms with Crippen LogP contribution < -0.4 is 4.90 Å². The summed E-state index contributed by atoms with van der Waals surface area (Å²) in [4.78, 5) is 43.0. The van der Waals surface area contributed by atoms with E-state index in [1.807, 2.05) is 36.9 Å². The third-order valence-electron chi connectivity index (χ3n) is 7.24. The lowest BCUT2D eigenvalue weighted by molar-refractivity contribution is 0.0390. The van der Waals surface area contributed by atoms with Gasteiger partial charge in [0.05, 0.1) is 16.8 Å². The molecule has 0 N–H and O–H groups in total. The van der Waals surface area contributed by atoms with Gasteiger partial charge in [-0.25, -0.2) is 4.90 Å². The minimum absolute atomic E-state index is 0.00941. The number of likely N-dealkylation sites (tertiary alicyclic amines) is 1. The summed E-state index contributed by atoms with van der Waals surface area (Å²) in [6.07, 6.45) is 6.95. The van der Waals surface area contributed by atoms with Crippen LogP contribution in [0.25, 0.3) is 0 Å². The van der Waals surface area contributed by atoms with Gasteiger partial charge in [-0.2, -0.15) is 0 Å². The van der Waals surface area contributed by atoms with Crippen molar-refractivity contribution in [1.29, 1.82) is 0 Å². The molecule has 2 aliphatic heterocycles. The number of rotatable bonds is 2. The van der Waals surface area contributed by atoms with Gasteiger partial charge in [0.15, 0.2) is 0 Å². The van der Waals surface area contributed by atoms with E-state index in [2.05, 4.69) is 0 Å². The summed E-state index contributed by atoms with van der Waals surface area (Å²) in [5.41, 5.74) is 3.67. The second-order valence-corrected chi connectivity index (χ2v) is 9.25. The lowest BCUT2D eigenvalue weighted by Crippen LogP contribution is -2.49. The fourth-order valence-electron chi connectivity index (χ4n) is 5.60. The normalized spacial score (nSPS) is 23.0. The number of fused-ring (bicyclic) bond motifs is 2. The highest BCUT2D eigenvalue weighted by Crippen LogP contribution is 2.37. The monoisotopic (exact) mass is 416 g/mol. The van der Waals surface area contributed by atoms with Crippen LogP contribution in [0.3, 0.4) is 0 Å². The van der Waals surface area contributed by atoms with Crippen molar-refractivity contribution >= 4 is 23.4 Å². The highest BCUT2D eigenvalue weighted by atomic mass is 16.2. The average Bonchev–Trinajstić information content (AvgIpc) is 3.04. The number of hydrogen-bond acceptors (Lipinski definition) is 3.